The van der Waals surface area contributed by atoms with Crippen LogP contribution in [0.15, 0.2) is 53.6 Å². The Hall–Kier alpha value is -2.38. The second-order valence-corrected chi connectivity index (χ2v) is 7.95. The van der Waals surface area contributed by atoms with Crippen molar-refractivity contribution in [2.24, 2.45) is 0 Å². The average molecular weight is 385 g/mol. The molecule has 142 valence electrons. The highest BCUT2D eigenvalue weighted by Gasteiger charge is 2.27. The number of amides is 1. The zero-order chi connectivity index (χ0) is 18.5. The van der Waals surface area contributed by atoms with Crippen LogP contribution in [0.3, 0.4) is 0 Å². The standard InChI is InChI=1S/C20H24N4O2S/c25-20(21-14-16-7-13-26-15-16)19-6-5-18(27-19)17-4-1-9-23(17)10-3-12-24-11-2-8-22-24/h2,5-8,11,13,15,17H,1,3-4,9-10,12,14H2,(H,21,25). The molecule has 1 aliphatic rings. The van der Waals surface area contributed by atoms with Gasteiger partial charge in [0.25, 0.3) is 5.91 Å². The highest BCUT2D eigenvalue weighted by Crippen LogP contribution is 2.36. The van der Waals surface area contributed by atoms with E-state index in [4.69, 9.17) is 4.42 Å². The lowest BCUT2D eigenvalue weighted by molar-refractivity contribution is 0.0955. The summed E-state index contributed by atoms with van der Waals surface area (Å²) in [5.74, 6) is -0.0179. The van der Waals surface area contributed by atoms with Gasteiger partial charge in [-0.05, 0) is 50.1 Å². The number of nitrogens with one attached hydrogen (secondary N) is 1. The van der Waals surface area contributed by atoms with Gasteiger partial charge in [-0.25, -0.2) is 0 Å². The summed E-state index contributed by atoms with van der Waals surface area (Å²) in [7, 11) is 0. The Kier molecular flexibility index (Phi) is 5.69. The second kappa shape index (κ2) is 8.54. The predicted octanol–water partition coefficient (Wildman–Crippen LogP) is 3.69. The molecule has 1 aliphatic heterocycles. The van der Waals surface area contributed by atoms with Crippen LogP contribution in [0.2, 0.25) is 0 Å². The molecule has 1 amide bonds. The monoisotopic (exact) mass is 384 g/mol. The van der Waals surface area contributed by atoms with Gasteiger partial charge in [-0.3, -0.25) is 14.4 Å². The second-order valence-electron chi connectivity index (χ2n) is 6.83. The number of nitrogens with zero attached hydrogens (tertiary/aromatic N) is 3. The third kappa shape index (κ3) is 4.48. The zero-order valence-electron chi connectivity index (χ0n) is 15.2. The minimum Gasteiger partial charge on any atom is -0.472 e. The zero-order valence-corrected chi connectivity index (χ0v) is 16.0. The van der Waals surface area contributed by atoms with E-state index in [0.29, 0.717) is 12.6 Å². The molecule has 0 bridgehead atoms. The number of likely N-dealkylation sites (tertiary alicyclic amines) is 1. The molecule has 27 heavy (non-hydrogen) atoms. The molecule has 0 aliphatic carbocycles. The Balaban J connectivity index is 1.31. The third-order valence-corrected chi connectivity index (χ3v) is 6.15. The lowest BCUT2D eigenvalue weighted by Crippen LogP contribution is -2.25. The lowest BCUT2D eigenvalue weighted by atomic mass is 10.2. The van der Waals surface area contributed by atoms with E-state index >= 15 is 0 Å². The van der Waals surface area contributed by atoms with Crippen LogP contribution in [0, 0.1) is 0 Å². The minimum atomic E-state index is -0.0179. The molecule has 0 spiro atoms. The first-order valence-electron chi connectivity index (χ1n) is 9.40. The molecule has 3 aromatic heterocycles. The number of aryl methyl sites for hydroxylation is 1. The molecule has 3 aromatic rings. The minimum absolute atomic E-state index is 0.0179. The number of hydrogen-bond acceptors (Lipinski definition) is 5. The average Bonchev–Trinajstić information content (AvgIpc) is 3.48. The summed E-state index contributed by atoms with van der Waals surface area (Å²) in [4.78, 5) is 17.0. The normalized spacial score (nSPS) is 17.4. The molecule has 1 fully saturated rings. The maximum Gasteiger partial charge on any atom is 0.261 e. The summed E-state index contributed by atoms with van der Waals surface area (Å²) in [6, 6.07) is 8.32. The van der Waals surface area contributed by atoms with Crippen LogP contribution in [0.25, 0.3) is 0 Å². The molecule has 1 unspecified atom stereocenters. The van der Waals surface area contributed by atoms with Gasteiger partial charge in [0.1, 0.15) is 0 Å². The molecule has 1 saturated heterocycles. The number of thiophene rings is 1. The smallest absolute Gasteiger partial charge is 0.261 e. The SMILES string of the molecule is O=C(NCc1ccoc1)c1ccc(C2CCCN2CCCn2cccn2)s1. The topological polar surface area (TPSA) is 63.3 Å². The summed E-state index contributed by atoms with van der Waals surface area (Å²) in [5.41, 5.74) is 0.972. The summed E-state index contributed by atoms with van der Waals surface area (Å²) in [6.45, 7) is 3.63. The molecule has 0 saturated carbocycles. The third-order valence-electron chi connectivity index (χ3n) is 4.97. The number of rotatable bonds is 8. The van der Waals surface area contributed by atoms with Gasteiger partial charge in [0, 0.05) is 48.5 Å². The van der Waals surface area contributed by atoms with E-state index in [1.54, 1.807) is 23.9 Å². The van der Waals surface area contributed by atoms with Gasteiger partial charge in [0.15, 0.2) is 0 Å². The Labute approximate surface area is 162 Å². The van der Waals surface area contributed by atoms with Crippen LogP contribution in [0.4, 0.5) is 0 Å². The Morgan fingerprint density at radius 3 is 3.11 bits per heavy atom. The van der Waals surface area contributed by atoms with E-state index in [1.165, 1.54) is 17.7 Å². The van der Waals surface area contributed by atoms with Crippen molar-refractivity contribution >= 4 is 17.2 Å². The van der Waals surface area contributed by atoms with Crippen molar-refractivity contribution in [1.82, 2.24) is 20.0 Å². The summed E-state index contributed by atoms with van der Waals surface area (Å²) in [5, 5.41) is 7.22. The number of carbonyl (C=O) groups is 1. The largest absolute Gasteiger partial charge is 0.472 e. The first-order chi connectivity index (χ1) is 13.3. The fraction of sp³-hybridized carbons (Fsp3) is 0.400. The predicted molar refractivity (Wildman–Crippen MR) is 105 cm³/mol. The molecular weight excluding hydrogens is 360 g/mol. The maximum absolute atomic E-state index is 12.4. The first-order valence-corrected chi connectivity index (χ1v) is 10.2. The van der Waals surface area contributed by atoms with Crippen molar-refractivity contribution < 1.29 is 9.21 Å². The van der Waals surface area contributed by atoms with Crippen molar-refractivity contribution in [1.29, 1.82) is 0 Å². The molecule has 7 heteroatoms. The molecule has 0 radical (unpaired) electrons. The van der Waals surface area contributed by atoms with Gasteiger partial charge >= 0.3 is 0 Å². The van der Waals surface area contributed by atoms with E-state index in [2.05, 4.69) is 21.4 Å². The van der Waals surface area contributed by atoms with E-state index in [-0.39, 0.29) is 5.91 Å². The van der Waals surface area contributed by atoms with Gasteiger partial charge in [0.2, 0.25) is 0 Å². The Morgan fingerprint density at radius 2 is 2.30 bits per heavy atom. The van der Waals surface area contributed by atoms with E-state index in [0.717, 1.165) is 36.5 Å². The van der Waals surface area contributed by atoms with Gasteiger partial charge in [-0.15, -0.1) is 11.3 Å². The molecule has 1 N–H and O–H groups in total. The molecule has 0 aromatic carbocycles. The highest BCUT2D eigenvalue weighted by atomic mass is 32.1. The highest BCUT2D eigenvalue weighted by molar-refractivity contribution is 7.14. The number of carbonyl (C=O) groups excluding carboxylic acids is 1. The molecule has 1 atom stereocenters. The number of aromatic nitrogens is 2. The number of hydrogen-bond donors (Lipinski definition) is 1. The fourth-order valence-electron chi connectivity index (χ4n) is 3.60. The van der Waals surface area contributed by atoms with Gasteiger partial charge < -0.3 is 9.73 Å². The molecule has 4 heterocycles. The maximum atomic E-state index is 12.4. The first kappa shape index (κ1) is 18.0. The summed E-state index contributed by atoms with van der Waals surface area (Å²) >= 11 is 1.62. The van der Waals surface area contributed by atoms with E-state index < -0.39 is 0 Å². The van der Waals surface area contributed by atoms with Crippen LogP contribution >= 0.6 is 11.3 Å². The van der Waals surface area contributed by atoms with E-state index in [1.807, 2.05) is 35.3 Å². The van der Waals surface area contributed by atoms with Crippen molar-refractivity contribution in [2.45, 2.75) is 38.4 Å². The molecule has 4 rings (SSSR count). The van der Waals surface area contributed by atoms with Crippen molar-refractivity contribution in [3.05, 3.63) is 64.5 Å². The Morgan fingerprint density at radius 1 is 1.33 bits per heavy atom. The van der Waals surface area contributed by atoms with Crippen molar-refractivity contribution in [3.8, 4) is 0 Å². The van der Waals surface area contributed by atoms with Crippen LogP contribution in [0.5, 0.6) is 0 Å². The van der Waals surface area contributed by atoms with Crippen molar-refractivity contribution in [2.75, 3.05) is 13.1 Å². The summed E-state index contributed by atoms with van der Waals surface area (Å²) in [6.07, 6.45) is 10.6. The van der Waals surface area contributed by atoms with Crippen LogP contribution in [-0.4, -0.2) is 33.7 Å². The molecular formula is C20H24N4O2S. The fourth-order valence-corrected chi connectivity index (χ4v) is 4.70. The quantitative estimate of drug-likeness (QED) is 0.643. The number of furan rings is 1. The lowest BCUT2D eigenvalue weighted by Gasteiger charge is -2.23. The Bertz CT molecular complexity index is 841. The van der Waals surface area contributed by atoms with Crippen LogP contribution in [-0.2, 0) is 13.1 Å². The van der Waals surface area contributed by atoms with E-state index in [9.17, 15) is 4.79 Å². The van der Waals surface area contributed by atoms with Crippen molar-refractivity contribution in [3.63, 3.8) is 0 Å². The summed E-state index contributed by atoms with van der Waals surface area (Å²) < 4.78 is 7.02. The van der Waals surface area contributed by atoms with Crippen LogP contribution < -0.4 is 5.32 Å². The molecule has 6 nitrogen and oxygen atoms in total. The van der Waals surface area contributed by atoms with Gasteiger partial charge in [-0.2, -0.15) is 5.10 Å². The van der Waals surface area contributed by atoms with Gasteiger partial charge in [-0.1, -0.05) is 0 Å². The van der Waals surface area contributed by atoms with Crippen LogP contribution in [0.1, 0.15) is 45.4 Å². The van der Waals surface area contributed by atoms with Gasteiger partial charge in [0.05, 0.1) is 17.4 Å².